The maximum Gasteiger partial charge on any atom is 0.313 e. The average Bonchev–Trinajstić information content (AvgIpc) is 3.07. The van der Waals surface area contributed by atoms with Gasteiger partial charge in [0.05, 0.1) is 11.8 Å². The molecule has 2 amide bonds. The van der Waals surface area contributed by atoms with E-state index in [9.17, 15) is 14.7 Å². The number of aliphatic hydroxyl groups is 1. The number of benzene rings is 2. The number of hydrogen-bond acceptors (Lipinski definition) is 3. The number of amides is 2. The van der Waals surface area contributed by atoms with E-state index in [4.69, 9.17) is 0 Å². The SMILES string of the molecule is O=C(Nc1ccccc1C#Cc1ccccc1)C(=O)N1CC[C@@H](O)C1. The Morgan fingerprint density at radius 3 is 2.48 bits per heavy atom. The summed E-state index contributed by atoms with van der Waals surface area (Å²) < 4.78 is 0. The van der Waals surface area contributed by atoms with Crippen molar-refractivity contribution in [3.8, 4) is 11.8 Å². The quantitative estimate of drug-likeness (QED) is 0.615. The second-order valence-corrected chi connectivity index (χ2v) is 5.81. The number of nitrogens with one attached hydrogen (secondary N) is 1. The third-order valence-corrected chi connectivity index (χ3v) is 3.94. The van der Waals surface area contributed by atoms with Gasteiger partial charge in [-0.15, -0.1) is 0 Å². The molecule has 2 aromatic carbocycles. The van der Waals surface area contributed by atoms with E-state index in [-0.39, 0.29) is 6.54 Å². The van der Waals surface area contributed by atoms with E-state index in [2.05, 4.69) is 17.2 Å². The maximum absolute atomic E-state index is 12.2. The highest BCUT2D eigenvalue weighted by molar-refractivity contribution is 6.39. The van der Waals surface area contributed by atoms with E-state index >= 15 is 0 Å². The lowest BCUT2D eigenvalue weighted by atomic mass is 10.1. The van der Waals surface area contributed by atoms with Gasteiger partial charge in [0.15, 0.2) is 0 Å². The van der Waals surface area contributed by atoms with E-state index < -0.39 is 17.9 Å². The highest BCUT2D eigenvalue weighted by Crippen LogP contribution is 2.15. The zero-order chi connectivity index (χ0) is 17.6. The number of para-hydroxylation sites is 1. The van der Waals surface area contributed by atoms with Crippen molar-refractivity contribution in [2.24, 2.45) is 0 Å². The molecule has 25 heavy (non-hydrogen) atoms. The Morgan fingerprint density at radius 2 is 1.76 bits per heavy atom. The minimum atomic E-state index is -0.719. The van der Waals surface area contributed by atoms with E-state index in [1.165, 1.54) is 4.90 Å². The molecule has 126 valence electrons. The van der Waals surface area contributed by atoms with Crippen molar-refractivity contribution in [3.05, 3.63) is 65.7 Å². The predicted molar refractivity (Wildman–Crippen MR) is 94.7 cm³/mol. The molecule has 2 N–H and O–H groups in total. The Kier molecular flexibility index (Phi) is 5.12. The van der Waals surface area contributed by atoms with Crippen LogP contribution in [0.4, 0.5) is 5.69 Å². The summed E-state index contributed by atoms with van der Waals surface area (Å²) in [5.74, 6) is 4.70. The number of rotatable bonds is 1. The van der Waals surface area contributed by atoms with Gasteiger partial charge in [-0.25, -0.2) is 0 Å². The summed E-state index contributed by atoms with van der Waals surface area (Å²) in [6.07, 6.45) is -0.0567. The van der Waals surface area contributed by atoms with Crippen molar-refractivity contribution in [1.82, 2.24) is 4.90 Å². The molecule has 0 radical (unpaired) electrons. The van der Waals surface area contributed by atoms with Crippen LogP contribution < -0.4 is 5.32 Å². The van der Waals surface area contributed by atoms with Crippen LogP contribution in [0, 0.1) is 11.8 Å². The largest absolute Gasteiger partial charge is 0.391 e. The van der Waals surface area contributed by atoms with Gasteiger partial charge in [0.25, 0.3) is 0 Å². The second-order valence-electron chi connectivity index (χ2n) is 5.81. The molecule has 1 saturated heterocycles. The second kappa shape index (κ2) is 7.65. The standard InChI is InChI=1S/C20H18N2O3/c23-17-12-13-22(14-17)20(25)19(24)21-18-9-5-4-8-16(18)11-10-15-6-2-1-3-7-15/h1-9,17,23H,12-14H2,(H,21,24)/t17-/m1/s1. The highest BCUT2D eigenvalue weighted by atomic mass is 16.3. The molecule has 0 bridgehead atoms. The van der Waals surface area contributed by atoms with Gasteiger partial charge < -0.3 is 15.3 Å². The Morgan fingerprint density at radius 1 is 1.04 bits per heavy atom. The van der Waals surface area contributed by atoms with Gasteiger partial charge in [0.2, 0.25) is 0 Å². The van der Waals surface area contributed by atoms with Crippen LogP contribution in [0.3, 0.4) is 0 Å². The van der Waals surface area contributed by atoms with Crippen LogP contribution in [0.25, 0.3) is 0 Å². The molecule has 0 spiro atoms. The molecule has 2 aromatic rings. The molecule has 5 nitrogen and oxygen atoms in total. The Bertz CT molecular complexity index is 837. The van der Waals surface area contributed by atoms with Crippen molar-refractivity contribution in [2.75, 3.05) is 18.4 Å². The topological polar surface area (TPSA) is 69.6 Å². The van der Waals surface area contributed by atoms with Crippen molar-refractivity contribution in [3.63, 3.8) is 0 Å². The number of β-amino-alcohol motifs (C(OH)–C–C–N with tert-alkyl or cyclic N) is 1. The third kappa shape index (κ3) is 4.25. The van der Waals surface area contributed by atoms with Crippen LogP contribution in [0.5, 0.6) is 0 Å². The lowest BCUT2D eigenvalue weighted by Gasteiger charge is -2.15. The fourth-order valence-corrected chi connectivity index (χ4v) is 2.61. The number of likely N-dealkylation sites (tertiary alicyclic amines) is 1. The van der Waals surface area contributed by atoms with Crippen LogP contribution in [0.2, 0.25) is 0 Å². The summed E-state index contributed by atoms with van der Waals surface area (Å²) in [4.78, 5) is 25.7. The van der Waals surface area contributed by atoms with Crippen molar-refractivity contribution < 1.29 is 14.7 Å². The van der Waals surface area contributed by atoms with Gasteiger partial charge in [-0.1, -0.05) is 42.2 Å². The molecular formula is C20H18N2O3. The summed E-state index contributed by atoms with van der Waals surface area (Å²) in [6.45, 7) is 0.588. The molecule has 0 aliphatic carbocycles. The third-order valence-electron chi connectivity index (χ3n) is 3.94. The molecule has 0 aromatic heterocycles. The highest BCUT2D eigenvalue weighted by Gasteiger charge is 2.29. The summed E-state index contributed by atoms with van der Waals surface area (Å²) in [5.41, 5.74) is 1.99. The number of carbonyl (C=O) groups is 2. The minimum absolute atomic E-state index is 0.196. The first-order valence-electron chi connectivity index (χ1n) is 8.08. The first-order valence-corrected chi connectivity index (χ1v) is 8.08. The molecule has 5 heteroatoms. The van der Waals surface area contributed by atoms with Crippen LogP contribution in [-0.4, -0.2) is 41.0 Å². The van der Waals surface area contributed by atoms with Crippen LogP contribution in [0.1, 0.15) is 17.5 Å². The molecule has 0 saturated carbocycles. The molecular weight excluding hydrogens is 316 g/mol. The lowest BCUT2D eigenvalue weighted by Crippen LogP contribution is -2.38. The molecule has 1 atom stereocenters. The Hall–Kier alpha value is -3.10. The number of aliphatic hydroxyl groups excluding tert-OH is 1. The van der Waals surface area contributed by atoms with Crippen LogP contribution in [0.15, 0.2) is 54.6 Å². The monoisotopic (exact) mass is 334 g/mol. The predicted octanol–water partition coefficient (Wildman–Crippen LogP) is 1.62. The summed E-state index contributed by atoms with van der Waals surface area (Å²) in [5, 5.41) is 12.1. The van der Waals surface area contributed by atoms with Crippen molar-refractivity contribution in [1.29, 1.82) is 0 Å². The lowest BCUT2D eigenvalue weighted by molar-refractivity contribution is -0.142. The summed E-state index contributed by atoms with van der Waals surface area (Å²) in [6, 6.07) is 16.6. The fourth-order valence-electron chi connectivity index (χ4n) is 2.61. The summed E-state index contributed by atoms with van der Waals surface area (Å²) >= 11 is 0. The zero-order valence-electron chi connectivity index (χ0n) is 13.6. The number of nitrogens with zero attached hydrogens (tertiary/aromatic N) is 1. The van der Waals surface area contributed by atoms with E-state index in [1.807, 2.05) is 36.4 Å². The first kappa shape index (κ1) is 16.7. The van der Waals surface area contributed by atoms with Gasteiger partial charge >= 0.3 is 11.8 Å². The summed E-state index contributed by atoms with van der Waals surface area (Å²) in [7, 11) is 0. The van der Waals surface area contributed by atoms with Gasteiger partial charge in [-0.3, -0.25) is 9.59 Å². The molecule has 1 heterocycles. The van der Waals surface area contributed by atoms with Crippen molar-refractivity contribution >= 4 is 17.5 Å². The zero-order valence-corrected chi connectivity index (χ0v) is 13.6. The van der Waals surface area contributed by atoms with E-state index in [0.29, 0.717) is 24.2 Å². The molecule has 1 aliphatic heterocycles. The molecule has 0 unspecified atom stereocenters. The van der Waals surface area contributed by atoms with E-state index in [1.54, 1.807) is 18.2 Å². The Balaban J connectivity index is 1.74. The van der Waals surface area contributed by atoms with Gasteiger partial charge in [0, 0.05) is 24.2 Å². The fraction of sp³-hybridized carbons (Fsp3) is 0.200. The molecule has 1 aliphatic rings. The number of anilines is 1. The number of carbonyl (C=O) groups excluding carboxylic acids is 2. The van der Waals surface area contributed by atoms with Crippen molar-refractivity contribution in [2.45, 2.75) is 12.5 Å². The Labute approximate surface area is 146 Å². The van der Waals surface area contributed by atoms with Crippen LogP contribution in [-0.2, 0) is 9.59 Å². The van der Waals surface area contributed by atoms with Gasteiger partial charge in [-0.2, -0.15) is 0 Å². The number of hydrogen-bond donors (Lipinski definition) is 2. The smallest absolute Gasteiger partial charge is 0.313 e. The van der Waals surface area contributed by atoms with E-state index in [0.717, 1.165) is 5.56 Å². The normalized spacial score (nSPS) is 16.0. The minimum Gasteiger partial charge on any atom is -0.391 e. The van der Waals surface area contributed by atoms with Gasteiger partial charge in [0.1, 0.15) is 0 Å². The molecule has 1 fully saturated rings. The maximum atomic E-state index is 12.2. The molecule has 3 rings (SSSR count). The first-order chi connectivity index (χ1) is 12.1. The average molecular weight is 334 g/mol. The van der Waals surface area contributed by atoms with Gasteiger partial charge in [-0.05, 0) is 30.7 Å². The van der Waals surface area contributed by atoms with Crippen LogP contribution >= 0.6 is 0 Å².